The van der Waals surface area contributed by atoms with Crippen molar-refractivity contribution in [1.82, 2.24) is 5.32 Å². The van der Waals surface area contributed by atoms with E-state index in [-0.39, 0.29) is 6.61 Å². The number of aryl methyl sites for hydroxylation is 2. The molecule has 17 heavy (non-hydrogen) atoms. The molecule has 0 heterocycles. The predicted molar refractivity (Wildman–Crippen MR) is 67.3 cm³/mol. The smallest absolute Gasteiger partial charge is 0.124 e. The minimum atomic E-state index is -0.699. The third-order valence-electron chi connectivity index (χ3n) is 2.64. The highest BCUT2D eigenvalue weighted by molar-refractivity contribution is 5.43. The van der Waals surface area contributed by atoms with Gasteiger partial charge < -0.3 is 20.3 Å². The summed E-state index contributed by atoms with van der Waals surface area (Å²) in [6.07, 6.45) is -0.699. The Labute approximate surface area is 102 Å². The number of ether oxygens (including phenoxy) is 1. The van der Waals surface area contributed by atoms with Crippen LogP contribution in [0.15, 0.2) is 12.1 Å². The van der Waals surface area contributed by atoms with Crippen molar-refractivity contribution in [2.45, 2.75) is 26.5 Å². The molecule has 1 rings (SSSR count). The molecular formula is C13H21NO3. The highest BCUT2D eigenvalue weighted by Crippen LogP contribution is 2.24. The van der Waals surface area contributed by atoms with Gasteiger partial charge in [0.2, 0.25) is 0 Å². The molecule has 1 atom stereocenters. The molecule has 1 aromatic rings. The lowest BCUT2D eigenvalue weighted by molar-refractivity contribution is 0.0942. The van der Waals surface area contributed by atoms with Crippen molar-refractivity contribution in [1.29, 1.82) is 0 Å². The summed E-state index contributed by atoms with van der Waals surface area (Å²) in [5, 5.41) is 21.0. The molecule has 0 saturated heterocycles. The van der Waals surface area contributed by atoms with Crippen molar-refractivity contribution in [2.75, 3.05) is 20.3 Å². The van der Waals surface area contributed by atoms with Gasteiger partial charge in [0.1, 0.15) is 5.75 Å². The van der Waals surface area contributed by atoms with Crippen molar-refractivity contribution in [3.8, 4) is 5.75 Å². The van der Waals surface area contributed by atoms with Gasteiger partial charge in [-0.05, 0) is 30.5 Å². The fourth-order valence-corrected chi connectivity index (χ4v) is 1.91. The molecule has 0 radical (unpaired) electrons. The van der Waals surface area contributed by atoms with Gasteiger partial charge in [0.05, 0.1) is 19.8 Å². The number of aliphatic hydroxyl groups excluding tert-OH is 2. The Morgan fingerprint density at radius 3 is 2.35 bits per heavy atom. The van der Waals surface area contributed by atoms with E-state index in [9.17, 15) is 5.11 Å². The fraction of sp³-hybridized carbons (Fsp3) is 0.538. The van der Waals surface area contributed by atoms with Gasteiger partial charge in [0, 0.05) is 13.1 Å². The number of benzene rings is 1. The van der Waals surface area contributed by atoms with Crippen molar-refractivity contribution in [3.63, 3.8) is 0 Å². The minimum absolute atomic E-state index is 0.215. The summed E-state index contributed by atoms with van der Waals surface area (Å²) in [5.74, 6) is 0.921. The zero-order valence-corrected chi connectivity index (χ0v) is 10.7. The molecule has 4 nitrogen and oxygen atoms in total. The summed E-state index contributed by atoms with van der Waals surface area (Å²) in [4.78, 5) is 0. The van der Waals surface area contributed by atoms with Gasteiger partial charge in [-0.15, -0.1) is 0 Å². The standard InChI is InChI=1S/C13H21NO3/c1-9-4-11(5-10(2)13(9)17-3)6-14-7-12(16)8-15/h4-5,12,14-16H,6-8H2,1-3H3. The lowest BCUT2D eigenvalue weighted by atomic mass is 10.1. The lowest BCUT2D eigenvalue weighted by Crippen LogP contribution is -2.28. The highest BCUT2D eigenvalue weighted by atomic mass is 16.5. The van der Waals surface area contributed by atoms with Crippen LogP contribution >= 0.6 is 0 Å². The third kappa shape index (κ3) is 4.00. The quantitative estimate of drug-likeness (QED) is 0.685. The van der Waals surface area contributed by atoms with E-state index >= 15 is 0 Å². The fourth-order valence-electron chi connectivity index (χ4n) is 1.91. The maximum Gasteiger partial charge on any atom is 0.124 e. The normalized spacial score (nSPS) is 12.5. The molecule has 0 saturated carbocycles. The highest BCUT2D eigenvalue weighted by Gasteiger charge is 2.06. The van der Waals surface area contributed by atoms with Crippen LogP contribution in [0.2, 0.25) is 0 Å². The molecule has 1 aromatic carbocycles. The Kier molecular flexibility index (Phi) is 5.41. The van der Waals surface area contributed by atoms with Crippen LogP contribution in [0.4, 0.5) is 0 Å². The Hall–Kier alpha value is -1.10. The second-order valence-corrected chi connectivity index (χ2v) is 4.23. The Balaban J connectivity index is 2.61. The first-order valence-corrected chi connectivity index (χ1v) is 5.72. The van der Waals surface area contributed by atoms with Crippen molar-refractivity contribution >= 4 is 0 Å². The summed E-state index contributed by atoms with van der Waals surface area (Å²) < 4.78 is 5.30. The molecular weight excluding hydrogens is 218 g/mol. The molecule has 0 aliphatic heterocycles. The van der Waals surface area contributed by atoms with E-state index in [2.05, 4.69) is 17.4 Å². The topological polar surface area (TPSA) is 61.7 Å². The predicted octanol–water partition coefficient (Wildman–Crippen LogP) is 0.755. The van der Waals surface area contributed by atoms with E-state index in [0.717, 1.165) is 22.4 Å². The lowest BCUT2D eigenvalue weighted by Gasteiger charge is -2.13. The number of aliphatic hydroxyl groups is 2. The summed E-state index contributed by atoms with van der Waals surface area (Å²) in [7, 11) is 1.67. The van der Waals surface area contributed by atoms with E-state index in [1.165, 1.54) is 0 Å². The number of hydrogen-bond acceptors (Lipinski definition) is 4. The van der Waals surface area contributed by atoms with E-state index in [1.807, 2.05) is 13.8 Å². The summed E-state index contributed by atoms with van der Waals surface area (Å²) in [6.45, 7) is 4.87. The van der Waals surface area contributed by atoms with Crippen LogP contribution in [-0.2, 0) is 6.54 Å². The molecule has 0 spiro atoms. The van der Waals surface area contributed by atoms with Gasteiger partial charge in [-0.1, -0.05) is 12.1 Å². The maximum absolute atomic E-state index is 9.19. The molecule has 96 valence electrons. The number of rotatable bonds is 6. The van der Waals surface area contributed by atoms with Crippen molar-refractivity contribution in [2.24, 2.45) is 0 Å². The molecule has 0 amide bonds. The minimum Gasteiger partial charge on any atom is -0.496 e. The first-order chi connectivity index (χ1) is 8.08. The van der Waals surface area contributed by atoms with E-state index in [1.54, 1.807) is 7.11 Å². The Morgan fingerprint density at radius 1 is 1.29 bits per heavy atom. The first kappa shape index (κ1) is 14.0. The van der Waals surface area contributed by atoms with Gasteiger partial charge in [0.15, 0.2) is 0 Å². The SMILES string of the molecule is COc1c(C)cc(CNCC(O)CO)cc1C. The first-order valence-electron chi connectivity index (χ1n) is 5.72. The Bertz CT molecular complexity index is 343. The molecule has 0 aliphatic carbocycles. The number of hydrogen-bond donors (Lipinski definition) is 3. The second-order valence-electron chi connectivity index (χ2n) is 4.23. The monoisotopic (exact) mass is 239 g/mol. The van der Waals surface area contributed by atoms with Crippen LogP contribution in [0.25, 0.3) is 0 Å². The molecule has 1 unspecified atom stereocenters. The Morgan fingerprint density at radius 2 is 1.88 bits per heavy atom. The largest absolute Gasteiger partial charge is 0.496 e. The van der Waals surface area contributed by atoms with Gasteiger partial charge >= 0.3 is 0 Å². The van der Waals surface area contributed by atoms with E-state index in [4.69, 9.17) is 9.84 Å². The van der Waals surface area contributed by atoms with Gasteiger partial charge in [-0.3, -0.25) is 0 Å². The van der Waals surface area contributed by atoms with Gasteiger partial charge in [-0.2, -0.15) is 0 Å². The average molecular weight is 239 g/mol. The summed E-state index contributed by atoms with van der Waals surface area (Å²) in [5.41, 5.74) is 3.35. The molecule has 0 aromatic heterocycles. The number of nitrogens with one attached hydrogen (secondary N) is 1. The average Bonchev–Trinajstić information content (AvgIpc) is 2.28. The maximum atomic E-state index is 9.19. The van der Waals surface area contributed by atoms with Crippen LogP contribution in [0.1, 0.15) is 16.7 Å². The zero-order valence-electron chi connectivity index (χ0n) is 10.7. The van der Waals surface area contributed by atoms with Gasteiger partial charge in [0.25, 0.3) is 0 Å². The van der Waals surface area contributed by atoms with Crippen LogP contribution < -0.4 is 10.1 Å². The summed E-state index contributed by atoms with van der Waals surface area (Å²) in [6, 6.07) is 4.12. The molecule has 3 N–H and O–H groups in total. The molecule has 0 aliphatic rings. The molecule has 0 fully saturated rings. The second kappa shape index (κ2) is 6.59. The van der Waals surface area contributed by atoms with E-state index in [0.29, 0.717) is 13.1 Å². The summed E-state index contributed by atoms with van der Waals surface area (Å²) >= 11 is 0. The van der Waals surface area contributed by atoms with Crippen LogP contribution in [0.3, 0.4) is 0 Å². The van der Waals surface area contributed by atoms with E-state index < -0.39 is 6.10 Å². The van der Waals surface area contributed by atoms with Crippen LogP contribution in [0, 0.1) is 13.8 Å². The van der Waals surface area contributed by atoms with Crippen LogP contribution in [-0.4, -0.2) is 36.6 Å². The zero-order chi connectivity index (χ0) is 12.8. The van der Waals surface area contributed by atoms with Crippen LogP contribution in [0.5, 0.6) is 5.75 Å². The van der Waals surface area contributed by atoms with Crippen molar-refractivity contribution < 1.29 is 14.9 Å². The van der Waals surface area contributed by atoms with Gasteiger partial charge in [-0.25, -0.2) is 0 Å². The number of methoxy groups -OCH3 is 1. The third-order valence-corrected chi connectivity index (χ3v) is 2.64. The molecule has 4 heteroatoms. The molecule has 0 bridgehead atoms. The van der Waals surface area contributed by atoms with Crippen molar-refractivity contribution in [3.05, 3.63) is 28.8 Å².